The zero-order chi connectivity index (χ0) is 16.4. The first-order valence-electron chi connectivity index (χ1n) is 6.20. The molecule has 118 valence electrons. The summed E-state index contributed by atoms with van der Waals surface area (Å²) in [4.78, 5) is 15.1. The minimum atomic E-state index is -1.57. The molecule has 1 rings (SSSR count). The highest BCUT2D eigenvalue weighted by molar-refractivity contribution is 9.10. The molecule has 2 atom stereocenters. The lowest BCUT2D eigenvalue weighted by molar-refractivity contribution is -0.138. The van der Waals surface area contributed by atoms with Crippen LogP contribution >= 0.6 is 15.9 Å². The second-order valence-corrected chi connectivity index (χ2v) is 8.63. The Kier molecular flexibility index (Phi) is 5.76. The Hall–Kier alpha value is -0.700. The third kappa shape index (κ3) is 4.91. The predicted molar refractivity (Wildman–Crippen MR) is 82.5 cm³/mol. The van der Waals surface area contributed by atoms with Crippen LogP contribution in [0, 0.1) is 5.82 Å². The van der Waals surface area contributed by atoms with Crippen molar-refractivity contribution in [3.63, 3.8) is 0 Å². The fourth-order valence-electron chi connectivity index (χ4n) is 1.63. The van der Waals surface area contributed by atoms with Crippen LogP contribution in [0.5, 0.6) is 0 Å². The molecule has 0 spiro atoms. The summed E-state index contributed by atoms with van der Waals surface area (Å²) in [6, 6.07) is 2.61. The number of pyridine rings is 1. The number of halogens is 2. The number of hydrogen-bond donors (Lipinski definition) is 2. The van der Waals surface area contributed by atoms with Gasteiger partial charge in [0.1, 0.15) is 26.4 Å². The number of rotatable bonds is 5. The fraction of sp³-hybridized carbons (Fsp3) is 0.538. The molecule has 1 aromatic heterocycles. The molecule has 1 aromatic rings. The Labute approximate surface area is 134 Å². The van der Waals surface area contributed by atoms with E-state index >= 15 is 0 Å². The van der Waals surface area contributed by atoms with Crippen LogP contribution in [0.15, 0.2) is 16.7 Å². The Morgan fingerprint density at radius 2 is 2.05 bits per heavy atom. The largest absolute Gasteiger partial charge is 0.598 e. The van der Waals surface area contributed by atoms with E-state index in [0.717, 1.165) is 0 Å². The van der Waals surface area contributed by atoms with E-state index in [2.05, 4.69) is 25.6 Å². The second-order valence-electron chi connectivity index (χ2n) is 5.85. The molecule has 0 aromatic carbocycles. The van der Waals surface area contributed by atoms with Crippen molar-refractivity contribution in [2.45, 2.75) is 44.4 Å². The Morgan fingerprint density at radius 1 is 1.48 bits per heavy atom. The number of nitrogens with zero attached hydrogens (tertiary/aromatic N) is 1. The molecule has 5 nitrogen and oxygen atoms in total. The molecule has 0 aliphatic carbocycles. The summed E-state index contributed by atoms with van der Waals surface area (Å²) in [7, 11) is 0. The van der Waals surface area contributed by atoms with Gasteiger partial charge in [-0.1, -0.05) is 0 Å². The van der Waals surface area contributed by atoms with Gasteiger partial charge >= 0.3 is 5.97 Å². The van der Waals surface area contributed by atoms with Crippen molar-refractivity contribution in [2.24, 2.45) is 0 Å². The number of hydrogen-bond acceptors (Lipinski definition) is 4. The summed E-state index contributed by atoms with van der Waals surface area (Å²) >= 11 is 1.56. The molecule has 2 N–H and O–H groups in total. The molecule has 1 unspecified atom stereocenters. The number of aromatic nitrogens is 1. The van der Waals surface area contributed by atoms with E-state index in [4.69, 9.17) is 5.11 Å². The highest BCUT2D eigenvalue weighted by Crippen LogP contribution is 2.30. The lowest BCUT2D eigenvalue weighted by atomic mass is 9.94. The molecule has 0 bridgehead atoms. The van der Waals surface area contributed by atoms with Crippen LogP contribution in [-0.2, 0) is 21.7 Å². The van der Waals surface area contributed by atoms with Crippen molar-refractivity contribution in [2.75, 3.05) is 0 Å². The summed E-state index contributed by atoms with van der Waals surface area (Å²) in [5, 5.41) is 9.09. The molecular weight excluding hydrogens is 363 g/mol. The van der Waals surface area contributed by atoms with E-state index in [-0.39, 0.29) is 5.69 Å². The molecular formula is C13H18BrFN2O3S. The van der Waals surface area contributed by atoms with Crippen molar-refractivity contribution < 1.29 is 18.8 Å². The monoisotopic (exact) mass is 380 g/mol. The van der Waals surface area contributed by atoms with Gasteiger partial charge < -0.3 is 9.66 Å². The van der Waals surface area contributed by atoms with Gasteiger partial charge in [-0.2, -0.15) is 0 Å². The lowest BCUT2D eigenvalue weighted by Crippen LogP contribution is -2.51. The number of aliphatic carboxylic acids is 1. The van der Waals surface area contributed by atoms with E-state index in [1.54, 1.807) is 20.8 Å². The van der Waals surface area contributed by atoms with Crippen LogP contribution in [0.1, 0.15) is 39.8 Å². The number of carboxylic acids is 1. The first kappa shape index (κ1) is 18.3. The van der Waals surface area contributed by atoms with Gasteiger partial charge in [-0.15, -0.1) is 4.72 Å². The average Bonchev–Trinajstić information content (AvgIpc) is 2.29. The Morgan fingerprint density at radius 3 is 2.52 bits per heavy atom. The van der Waals surface area contributed by atoms with E-state index in [1.165, 1.54) is 19.1 Å². The van der Waals surface area contributed by atoms with Gasteiger partial charge in [-0.05, 0) is 55.8 Å². The smallest absolute Gasteiger partial charge is 0.305 e. The average molecular weight is 381 g/mol. The molecule has 0 fully saturated rings. The van der Waals surface area contributed by atoms with E-state index in [9.17, 15) is 13.7 Å². The molecule has 0 aliphatic heterocycles. The molecule has 0 aliphatic rings. The highest BCUT2D eigenvalue weighted by atomic mass is 79.9. The molecule has 1 heterocycles. The van der Waals surface area contributed by atoms with Gasteiger partial charge in [0.25, 0.3) is 0 Å². The van der Waals surface area contributed by atoms with Crippen molar-refractivity contribution in [1.82, 2.24) is 9.71 Å². The maximum Gasteiger partial charge on any atom is 0.305 e. The van der Waals surface area contributed by atoms with Gasteiger partial charge in [0.05, 0.1) is 6.42 Å². The molecule has 0 radical (unpaired) electrons. The highest BCUT2D eigenvalue weighted by Gasteiger charge is 2.41. The zero-order valence-electron chi connectivity index (χ0n) is 12.2. The summed E-state index contributed by atoms with van der Waals surface area (Å²) in [6.45, 7) is 6.69. The minimum absolute atomic E-state index is 0.0862. The van der Waals surface area contributed by atoms with Crippen LogP contribution < -0.4 is 4.72 Å². The first-order valence-corrected chi connectivity index (χ1v) is 8.14. The Balaban J connectivity index is 3.26. The third-order valence-corrected chi connectivity index (χ3v) is 4.90. The zero-order valence-corrected chi connectivity index (χ0v) is 14.6. The van der Waals surface area contributed by atoms with Gasteiger partial charge in [0.15, 0.2) is 0 Å². The van der Waals surface area contributed by atoms with Crippen molar-refractivity contribution in [1.29, 1.82) is 0 Å². The minimum Gasteiger partial charge on any atom is -0.598 e. The SMILES string of the molecule is CC(CC(=O)O)(N[S@+]([O-])C(C)(C)C)c1nc(Br)ccc1F. The predicted octanol–water partition coefficient (Wildman–Crippen LogP) is 2.72. The van der Waals surface area contributed by atoms with Gasteiger partial charge in [-0.25, -0.2) is 9.37 Å². The second kappa shape index (κ2) is 6.60. The summed E-state index contributed by atoms with van der Waals surface area (Å²) in [5.41, 5.74) is -1.48. The summed E-state index contributed by atoms with van der Waals surface area (Å²) in [6.07, 6.45) is -0.449. The van der Waals surface area contributed by atoms with Crippen LogP contribution in [-0.4, -0.2) is 25.4 Å². The number of carboxylic acid groups (broad SMARTS) is 1. The topological polar surface area (TPSA) is 85.3 Å². The van der Waals surface area contributed by atoms with Crippen LogP contribution in [0.25, 0.3) is 0 Å². The maximum absolute atomic E-state index is 14.0. The summed E-state index contributed by atoms with van der Waals surface area (Å²) < 4.78 is 28.8. The quantitative estimate of drug-likeness (QED) is 0.605. The third-order valence-electron chi connectivity index (χ3n) is 2.71. The number of nitrogens with one attached hydrogen (secondary N) is 1. The van der Waals surface area contributed by atoms with E-state index in [1.807, 2.05) is 0 Å². The van der Waals surface area contributed by atoms with E-state index in [0.29, 0.717) is 4.60 Å². The lowest BCUT2D eigenvalue weighted by Gasteiger charge is -2.33. The molecule has 21 heavy (non-hydrogen) atoms. The van der Waals surface area contributed by atoms with Crippen molar-refractivity contribution >= 4 is 33.3 Å². The Bertz CT molecular complexity index is 539. The van der Waals surface area contributed by atoms with Crippen molar-refractivity contribution in [3.05, 3.63) is 28.2 Å². The summed E-state index contributed by atoms with van der Waals surface area (Å²) in [5.74, 6) is -1.79. The van der Waals surface area contributed by atoms with Gasteiger partial charge in [0.2, 0.25) is 0 Å². The van der Waals surface area contributed by atoms with Gasteiger partial charge in [0, 0.05) is 11.4 Å². The van der Waals surface area contributed by atoms with Gasteiger partial charge in [-0.3, -0.25) is 4.79 Å². The maximum atomic E-state index is 14.0. The molecule has 0 saturated carbocycles. The standard InChI is InChI=1S/C13H18BrFN2O3S/c1-12(2,3)21(20)17-13(4,7-10(18)19)11-8(15)5-6-9(14)16-11/h5-6,17H,7H2,1-4H3,(H,18,19)/t13?,21-/m1/s1. The normalized spacial score (nSPS) is 16.3. The molecule has 0 amide bonds. The fourth-order valence-corrected chi connectivity index (χ4v) is 2.83. The van der Waals surface area contributed by atoms with Crippen LogP contribution in [0.2, 0.25) is 0 Å². The molecule has 8 heteroatoms. The van der Waals surface area contributed by atoms with E-state index < -0.39 is 39.9 Å². The molecule has 0 saturated heterocycles. The van der Waals surface area contributed by atoms with Crippen LogP contribution in [0.3, 0.4) is 0 Å². The van der Waals surface area contributed by atoms with Crippen LogP contribution in [0.4, 0.5) is 4.39 Å². The first-order chi connectivity index (χ1) is 9.45. The van der Waals surface area contributed by atoms with Crippen molar-refractivity contribution in [3.8, 4) is 0 Å². The number of carbonyl (C=O) groups is 1.